The first kappa shape index (κ1) is 12.9. The van der Waals surface area contributed by atoms with Gasteiger partial charge in [0.15, 0.2) is 0 Å². The van der Waals surface area contributed by atoms with Gasteiger partial charge in [-0.1, -0.05) is 13.8 Å². The van der Waals surface area contributed by atoms with Crippen LogP contribution in [-0.4, -0.2) is 25.2 Å². The van der Waals surface area contributed by atoms with Crippen LogP contribution in [0, 0.1) is 5.92 Å². The first-order chi connectivity index (χ1) is 8.34. The zero-order valence-corrected chi connectivity index (χ0v) is 11.2. The van der Waals surface area contributed by atoms with Gasteiger partial charge in [-0.3, -0.25) is 4.79 Å². The summed E-state index contributed by atoms with van der Waals surface area (Å²) in [7, 11) is -3.68. The number of sulfonamides is 1. The fourth-order valence-corrected chi connectivity index (χ4v) is 3.46. The monoisotopic (exact) mass is 268 g/mol. The molecule has 1 aliphatic rings. The number of anilines is 1. The second-order valence-electron chi connectivity index (χ2n) is 4.82. The summed E-state index contributed by atoms with van der Waals surface area (Å²) in [6, 6.07) is 4.31. The molecule has 98 valence electrons. The number of rotatable bonds is 3. The molecule has 0 saturated heterocycles. The maximum absolute atomic E-state index is 12.2. The van der Waals surface area contributed by atoms with Gasteiger partial charge < -0.3 is 5.73 Å². The normalized spacial score (nSPS) is 17.3. The molecule has 1 heterocycles. The summed E-state index contributed by atoms with van der Waals surface area (Å²) in [5.74, 6) is -0.139. The molecule has 0 radical (unpaired) electrons. The van der Waals surface area contributed by atoms with E-state index in [4.69, 9.17) is 5.73 Å². The van der Waals surface area contributed by atoms with Gasteiger partial charge in [-0.05, 0) is 30.5 Å². The average Bonchev–Trinajstić information content (AvgIpc) is 2.44. The van der Waals surface area contributed by atoms with Gasteiger partial charge in [-0.2, -0.15) is 0 Å². The fourth-order valence-electron chi connectivity index (χ4n) is 1.90. The second kappa shape index (κ2) is 4.28. The quantitative estimate of drug-likeness (QED) is 0.841. The number of carbonyl (C=O) groups excluding carboxylic acids is 1. The average molecular weight is 268 g/mol. The molecule has 0 bridgehead atoms. The molecular formula is C12H16N2O3S. The van der Waals surface area contributed by atoms with E-state index >= 15 is 0 Å². The van der Waals surface area contributed by atoms with Crippen LogP contribution in [0.3, 0.4) is 0 Å². The van der Waals surface area contributed by atoms with Gasteiger partial charge >= 0.3 is 0 Å². The van der Waals surface area contributed by atoms with E-state index in [1.54, 1.807) is 0 Å². The Balaban J connectivity index is 2.41. The predicted octanol–water partition coefficient (Wildman–Crippen LogP) is 1.46. The van der Waals surface area contributed by atoms with Crippen molar-refractivity contribution in [2.24, 2.45) is 5.92 Å². The van der Waals surface area contributed by atoms with Crippen molar-refractivity contribution in [3.8, 4) is 0 Å². The summed E-state index contributed by atoms with van der Waals surface area (Å²) in [5, 5.41) is 0. The van der Waals surface area contributed by atoms with E-state index < -0.39 is 15.9 Å². The largest absolute Gasteiger partial charge is 0.399 e. The number of hydrogen-bond acceptors (Lipinski definition) is 4. The lowest BCUT2D eigenvalue weighted by atomic mass is 10.1. The van der Waals surface area contributed by atoms with Crippen LogP contribution < -0.4 is 5.73 Å². The smallest absolute Gasteiger partial charge is 0.269 e. The SMILES string of the molecule is CC(C)CCN1C(=O)c2cc(N)ccc2S1(=O)=O. The molecule has 6 heteroatoms. The zero-order chi connectivity index (χ0) is 13.5. The summed E-state index contributed by atoms with van der Waals surface area (Å²) in [5.41, 5.74) is 6.15. The van der Waals surface area contributed by atoms with Gasteiger partial charge in [0.25, 0.3) is 15.9 Å². The molecule has 0 fully saturated rings. The lowest BCUT2D eigenvalue weighted by Crippen LogP contribution is -2.31. The predicted molar refractivity (Wildman–Crippen MR) is 68.5 cm³/mol. The molecule has 2 N–H and O–H groups in total. The van der Waals surface area contributed by atoms with Gasteiger partial charge in [-0.15, -0.1) is 0 Å². The van der Waals surface area contributed by atoms with Crippen LogP contribution in [-0.2, 0) is 10.0 Å². The first-order valence-corrected chi connectivity index (χ1v) is 7.24. The third-order valence-electron chi connectivity index (χ3n) is 2.94. The number of nitrogens with zero attached hydrogens (tertiary/aromatic N) is 1. The Hall–Kier alpha value is -1.56. The molecule has 1 aliphatic heterocycles. The Morgan fingerprint density at radius 1 is 1.33 bits per heavy atom. The Morgan fingerprint density at radius 3 is 2.61 bits per heavy atom. The Labute approximate surface area is 107 Å². The molecule has 1 aromatic carbocycles. The van der Waals surface area contributed by atoms with Crippen LogP contribution in [0.15, 0.2) is 23.1 Å². The molecule has 1 aromatic rings. The number of carbonyl (C=O) groups is 1. The molecule has 2 rings (SSSR count). The molecule has 5 nitrogen and oxygen atoms in total. The van der Waals surface area contributed by atoms with Gasteiger partial charge in [-0.25, -0.2) is 12.7 Å². The lowest BCUT2D eigenvalue weighted by Gasteiger charge is -2.15. The third kappa shape index (κ3) is 1.96. The van der Waals surface area contributed by atoms with Crippen LogP contribution in [0.1, 0.15) is 30.6 Å². The first-order valence-electron chi connectivity index (χ1n) is 5.80. The minimum Gasteiger partial charge on any atom is -0.399 e. The summed E-state index contributed by atoms with van der Waals surface area (Å²) < 4.78 is 25.3. The summed E-state index contributed by atoms with van der Waals surface area (Å²) in [4.78, 5) is 12.1. The molecule has 1 amide bonds. The minimum absolute atomic E-state index is 0.0606. The highest BCUT2D eigenvalue weighted by Crippen LogP contribution is 2.31. The molecule has 0 aromatic heterocycles. The summed E-state index contributed by atoms with van der Waals surface area (Å²) in [6.07, 6.45) is 0.647. The Kier molecular flexibility index (Phi) is 3.06. The third-order valence-corrected chi connectivity index (χ3v) is 4.78. The number of amides is 1. The molecule has 18 heavy (non-hydrogen) atoms. The second-order valence-corrected chi connectivity index (χ2v) is 6.65. The van der Waals surface area contributed by atoms with Crippen molar-refractivity contribution in [1.29, 1.82) is 0 Å². The van der Waals surface area contributed by atoms with E-state index in [9.17, 15) is 13.2 Å². The molecule has 0 atom stereocenters. The number of hydrogen-bond donors (Lipinski definition) is 1. The van der Waals surface area contributed by atoms with Gasteiger partial charge in [0.1, 0.15) is 4.90 Å². The van der Waals surface area contributed by atoms with Crippen LogP contribution in [0.4, 0.5) is 5.69 Å². The number of fused-ring (bicyclic) bond motifs is 1. The van der Waals surface area contributed by atoms with Gasteiger partial charge in [0.05, 0.1) is 5.56 Å². The van der Waals surface area contributed by atoms with Crippen LogP contribution in [0.5, 0.6) is 0 Å². The Morgan fingerprint density at radius 2 is 2.00 bits per heavy atom. The van der Waals surface area contributed by atoms with Gasteiger partial charge in [0.2, 0.25) is 0 Å². The number of benzene rings is 1. The lowest BCUT2D eigenvalue weighted by molar-refractivity contribution is 0.0867. The highest BCUT2D eigenvalue weighted by molar-refractivity contribution is 7.90. The molecule has 0 spiro atoms. The van der Waals surface area contributed by atoms with Crippen molar-refractivity contribution < 1.29 is 13.2 Å². The minimum atomic E-state index is -3.68. The fraction of sp³-hybridized carbons (Fsp3) is 0.417. The number of nitrogen functional groups attached to an aromatic ring is 1. The van der Waals surface area contributed by atoms with E-state index in [0.29, 0.717) is 18.0 Å². The summed E-state index contributed by atoms with van der Waals surface area (Å²) >= 11 is 0. The topological polar surface area (TPSA) is 80.5 Å². The van der Waals surface area contributed by atoms with Crippen molar-refractivity contribution >= 4 is 21.6 Å². The van der Waals surface area contributed by atoms with Crippen molar-refractivity contribution in [3.63, 3.8) is 0 Å². The maximum Gasteiger partial charge on any atom is 0.269 e. The highest BCUT2D eigenvalue weighted by atomic mass is 32.2. The van der Waals surface area contributed by atoms with Crippen molar-refractivity contribution in [2.75, 3.05) is 12.3 Å². The van der Waals surface area contributed by atoms with Crippen LogP contribution in [0.25, 0.3) is 0 Å². The standard InChI is InChI=1S/C12H16N2O3S/c1-8(2)5-6-14-12(15)10-7-9(13)3-4-11(10)18(14,16)17/h3-4,7-8H,5-6,13H2,1-2H3. The van der Waals surface area contributed by atoms with Crippen molar-refractivity contribution in [3.05, 3.63) is 23.8 Å². The van der Waals surface area contributed by atoms with E-state index in [1.165, 1.54) is 18.2 Å². The van der Waals surface area contributed by atoms with E-state index in [0.717, 1.165) is 4.31 Å². The number of nitrogens with two attached hydrogens (primary N) is 1. The zero-order valence-electron chi connectivity index (χ0n) is 10.4. The molecule has 0 aliphatic carbocycles. The van der Waals surface area contributed by atoms with Crippen LogP contribution >= 0.6 is 0 Å². The van der Waals surface area contributed by atoms with E-state index in [1.807, 2.05) is 13.8 Å². The van der Waals surface area contributed by atoms with Gasteiger partial charge in [0, 0.05) is 12.2 Å². The van der Waals surface area contributed by atoms with Crippen molar-refractivity contribution in [2.45, 2.75) is 25.2 Å². The van der Waals surface area contributed by atoms with Crippen molar-refractivity contribution in [1.82, 2.24) is 4.31 Å². The molecule has 0 saturated carbocycles. The maximum atomic E-state index is 12.2. The molecule has 0 unspecified atom stereocenters. The highest BCUT2D eigenvalue weighted by Gasteiger charge is 2.40. The van der Waals surface area contributed by atoms with E-state index in [2.05, 4.69) is 0 Å². The Bertz CT molecular complexity index is 593. The van der Waals surface area contributed by atoms with Crippen LogP contribution in [0.2, 0.25) is 0 Å². The molecular weight excluding hydrogens is 252 g/mol. The summed E-state index contributed by atoms with van der Waals surface area (Å²) in [6.45, 7) is 4.18. The van der Waals surface area contributed by atoms with E-state index in [-0.39, 0.29) is 17.0 Å².